The molecular weight excluding hydrogens is 390 g/mol. The quantitative estimate of drug-likeness (QED) is 0.486. The van der Waals surface area contributed by atoms with Crippen LogP contribution in [0.4, 0.5) is 23.0 Å². The maximum Gasteiger partial charge on any atom is 0.271 e. The Labute approximate surface area is 181 Å². The van der Waals surface area contributed by atoms with Gasteiger partial charge in [0.05, 0.1) is 0 Å². The second-order valence-electron chi connectivity index (χ2n) is 7.59. The standard InChI is InChI=1S/C23H27N7O/c1-26-22-19(15-5-3-2-4-6-15)28-20(21(25)31)23(29-22)27-17-7-9-18(10-8-17)30-13-11-16(24)12-14-30/h2-10,16H,11-14,24H2,1H3,(H2,25,31)(H2,26,27,29). The second-order valence-corrected chi connectivity index (χ2v) is 7.59. The average Bonchev–Trinajstić information content (AvgIpc) is 2.80. The lowest BCUT2D eigenvalue weighted by atomic mass is 10.1. The van der Waals surface area contributed by atoms with Crippen LogP contribution in [0.15, 0.2) is 54.6 Å². The summed E-state index contributed by atoms with van der Waals surface area (Å²) < 4.78 is 0. The molecule has 1 aromatic heterocycles. The van der Waals surface area contributed by atoms with Crippen molar-refractivity contribution >= 4 is 28.9 Å². The summed E-state index contributed by atoms with van der Waals surface area (Å²) in [5.74, 6) is 0.226. The van der Waals surface area contributed by atoms with Crippen molar-refractivity contribution in [2.45, 2.75) is 18.9 Å². The molecule has 0 saturated carbocycles. The van der Waals surface area contributed by atoms with E-state index in [2.05, 4.69) is 25.5 Å². The summed E-state index contributed by atoms with van der Waals surface area (Å²) in [6, 6.07) is 17.9. The molecular formula is C23H27N7O. The van der Waals surface area contributed by atoms with E-state index in [-0.39, 0.29) is 5.69 Å². The Morgan fingerprint density at radius 1 is 1.00 bits per heavy atom. The van der Waals surface area contributed by atoms with E-state index in [1.807, 2.05) is 54.6 Å². The van der Waals surface area contributed by atoms with Gasteiger partial charge in [-0.25, -0.2) is 9.97 Å². The molecule has 31 heavy (non-hydrogen) atoms. The number of primary amides is 1. The number of benzene rings is 2. The van der Waals surface area contributed by atoms with Crippen molar-refractivity contribution in [1.29, 1.82) is 0 Å². The molecule has 0 spiro atoms. The van der Waals surface area contributed by atoms with Gasteiger partial charge in [0.1, 0.15) is 5.69 Å². The molecule has 4 rings (SSSR count). The van der Waals surface area contributed by atoms with Crippen LogP contribution in [-0.2, 0) is 0 Å². The maximum atomic E-state index is 12.1. The summed E-state index contributed by atoms with van der Waals surface area (Å²) in [7, 11) is 1.77. The van der Waals surface area contributed by atoms with Gasteiger partial charge in [0, 0.05) is 43.1 Å². The van der Waals surface area contributed by atoms with Gasteiger partial charge in [-0.05, 0) is 37.1 Å². The molecule has 1 amide bonds. The summed E-state index contributed by atoms with van der Waals surface area (Å²) >= 11 is 0. The van der Waals surface area contributed by atoms with Crippen molar-refractivity contribution in [3.05, 3.63) is 60.3 Å². The Hall–Kier alpha value is -3.65. The van der Waals surface area contributed by atoms with Gasteiger partial charge in [-0.1, -0.05) is 30.3 Å². The van der Waals surface area contributed by atoms with E-state index in [1.165, 1.54) is 0 Å². The zero-order valence-electron chi connectivity index (χ0n) is 17.5. The molecule has 0 radical (unpaired) electrons. The van der Waals surface area contributed by atoms with Gasteiger partial charge in [-0.15, -0.1) is 0 Å². The third-order valence-electron chi connectivity index (χ3n) is 5.45. The molecule has 2 heterocycles. The number of anilines is 4. The van der Waals surface area contributed by atoms with Crippen LogP contribution >= 0.6 is 0 Å². The Balaban J connectivity index is 1.61. The van der Waals surface area contributed by atoms with Crippen LogP contribution in [0.2, 0.25) is 0 Å². The highest BCUT2D eigenvalue weighted by atomic mass is 16.1. The number of nitrogens with two attached hydrogens (primary N) is 2. The number of aromatic nitrogens is 2. The Morgan fingerprint density at radius 2 is 1.68 bits per heavy atom. The van der Waals surface area contributed by atoms with E-state index in [9.17, 15) is 4.79 Å². The van der Waals surface area contributed by atoms with Crippen molar-refractivity contribution in [3.8, 4) is 11.3 Å². The number of carbonyl (C=O) groups excluding carboxylic acids is 1. The molecule has 8 heteroatoms. The second kappa shape index (κ2) is 9.01. The van der Waals surface area contributed by atoms with Gasteiger partial charge >= 0.3 is 0 Å². The number of hydrogen-bond acceptors (Lipinski definition) is 7. The van der Waals surface area contributed by atoms with Crippen LogP contribution in [0, 0.1) is 0 Å². The molecule has 3 aromatic rings. The van der Waals surface area contributed by atoms with E-state index >= 15 is 0 Å². The fourth-order valence-corrected chi connectivity index (χ4v) is 3.72. The monoisotopic (exact) mass is 417 g/mol. The molecule has 0 atom stereocenters. The van der Waals surface area contributed by atoms with Gasteiger partial charge < -0.3 is 27.0 Å². The maximum absolute atomic E-state index is 12.1. The zero-order chi connectivity index (χ0) is 21.8. The van der Waals surface area contributed by atoms with E-state index in [0.29, 0.717) is 23.4 Å². The lowest BCUT2D eigenvalue weighted by Gasteiger charge is -2.32. The van der Waals surface area contributed by atoms with Gasteiger partial charge in [0.2, 0.25) is 0 Å². The minimum atomic E-state index is -0.642. The summed E-state index contributed by atoms with van der Waals surface area (Å²) in [5, 5.41) is 6.25. The van der Waals surface area contributed by atoms with Crippen molar-refractivity contribution in [3.63, 3.8) is 0 Å². The number of rotatable bonds is 6. The number of carbonyl (C=O) groups is 1. The highest BCUT2D eigenvalue weighted by Gasteiger charge is 2.19. The Kier molecular flexibility index (Phi) is 5.99. The number of hydrogen-bond donors (Lipinski definition) is 4. The molecule has 0 bridgehead atoms. The highest BCUT2D eigenvalue weighted by molar-refractivity contribution is 5.97. The predicted molar refractivity (Wildman–Crippen MR) is 125 cm³/mol. The average molecular weight is 418 g/mol. The molecule has 0 aliphatic carbocycles. The molecule has 8 nitrogen and oxygen atoms in total. The third kappa shape index (κ3) is 4.59. The van der Waals surface area contributed by atoms with E-state index in [0.717, 1.165) is 42.9 Å². The summed E-state index contributed by atoms with van der Waals surface area (Å²) in [6.45, 7) is 1.91. The van der Waals surface area contributed by atoms with Crippen molar-refractivity contribution < 1.29 is 4.79 Å². The van der Waals surface area contributed by atoms with Gasteiger partial charge in [-0.2, -0.15) is 0 Å². The van der Waals surface area contributed by atoms with Gasteiger partial charge in [0.15, 0.2) is 17.3 Å². The van der Waals surface area contributed by atoms with E-state index in [1.54, 1.807) is 7.05 Å². The first-order chi connectivity index (χ1) is 15.0. The number of nitrogens with zero attached hydrogens (tertiary/aromatic N) is 3. The Morgan fingerprint density at radius 3 is 2.29 bits per heavy atom. The summed E-state index contributed by atoms with van der Waals surface area (Å²) in [4.78, 5) is 23.6. The molecule has 1 fully saturated rings. The van der Waals surface area contributed by atoms with Crippen LogP contribution in [0.5, 0.6) is 0 Å². The first kappa shape index (κ1) is 20.6. The molecule has 6 N–H and O–H groups in total. The van der Waals surface area contributed by atoms with Crippen molar-refractivity contribution in [2.75, 3.05) is 35.7 Å². The van der Waals surface area contributed by atoms with E-state index in [4.69, 9.17) is 11.5 Å². The lowest BCUT2D eigenvalue weighted by Crippen LogP contribution is -2.39. The van der Waals surface area contributed by atoms with Crippen LogP contribution in [0.25, 0.3) is 11.3 Å². The normalized spacial score (nSPS) is 14.3. The molecule has 160 valence electrons. The summed E-state index contributed by atoms with van der Waals surface area (Å²) in [5.41, 5.74) is 15.1. The largest absolute Gasteiger partial charge is 0.371 e. The Bertz CT molecular complexity index is 1050. The van der Waals surface area contributed by atoms with Gasteiger partial charge in [-0.3, -0.25) is 4.79 Å². The zero-order valence-corrected chi connectivity index (χ0v) is 17.5. The molecule has 0 unspecified atom stereocenters. The highest BCUT2D eigenvalue weighted by Crippen LogP contribution is 2.29. The fourth-order valence-electron chi connectivity index (χ4n) is 3.72. The van der Waals surface area contributed by atoms with E-state index < -0.39 is 5.91 Å². The first-order valence-electron chi connectivity index (χ1n) is 10.4. The fraction of sp³-hybridized carbons (Fsp3) is 0.261. The number of nitrogens with one attached hydrogen (secondary N) is 2. The number of amides is 1. The molecule has 2 aromatic carbocycles. The molecule has 1 aliphatic rings. The smallest absolute Gasteiger partial charge is 0.271 e. The van der Waals surface area contributed by atoms with Crippen LogP contribution in [0.1, 0.15) is 23.3 Å². The SMILES string of the molecule is CNc1nc(Nc2ccc(N3CCC(N)CC3)cc2)c(C(N)=O)nc1-c1ccccc1. The van der Waals surface area contributed by atoms with Crippen LogP contribution < -0.4 is 27.0 Å². The lowest BCUT2D eigenvalue weighted by molar-refractivity contribution is 0.0996. The van der Waals surface area contributed by atoms with Crippen molar-refractivity contribution in [2.24, 2.45) is 11.5 Å². The first-order valence-corrected chi connectivity index (χ1v) is 10.4. The number of piperidine rings is 1. The molecule has 1 saturated heterocycles. The van der Waals surface area contributed by atoms with Crippen molar-refractivity contribution in [1.82, 2.24) is 9.97 Å². The summed E-state index contributed by atoms with van der Waals surface area (Å²) in [6.07, 6.45) is 2.00. The van der Waals surface area contributed by atoms with Crippen LogP contribution in [-0.4, -0.2) is 42.1 Å². The minimum absolute atomic E-state index is 0.0898. The minimum Gasteiger partial charge on any atom is -0.371 e. The third-order valence-corrected chi connectivity index (χ3v) is 5.45. The van der Waals surface area contributed by atoms with Crippen LogP contribution in [0.3, 0.4) is 0 Å². The topological polar surface area (TPSA) is 122 Å². The van der Waals surface area contributed by atoms with Gasteiger partial charge in [0.25, 0.3) is 5.91 Å². The molecule has 1 aliphatic heterocycles. The predicted octanol–water partition coefficient (Wildman–Crippen LogP) is 2.96.